The first kappa shape index (κ1) is 16.0. The Labute approximate surface area is 128 Å². The van der Waals surface area contributed by atoms with E-state index in [1.807, 2.05) is 6.07 Å². The van der Waals surface area contributed by atoms with Gasteiger partial charge in [0.15, 0.2) is 0 Å². The van der Waals surface area contributed by atoms with E-state index in [9.17, 15) is 0 Å². The summed E-state index contributed by atoms with van der Waals surface area (Å²) in [5.41, 5.74) is 0. The molecular formula is C16H29N5. The standard InChI is InChI=1S/C16H29N5/c1-4-14-19-15(17-5-2)12-16(20-14)18-10-11-21(3)13-8-6-7-9-13/h12-13H,4-11H2,1-3H3,(H2,17,18,19,20). The third kappa shape index (κ3) is 4.84. The Morgan fingerprint density at radius 2 is 1.81 bits per heavy atom. The fraction of sp³-hybridized carbons (Fsp3) is 0.750. The summed E-state index contributed by atoms with van der Waals surface area (Å²) in [7, 11) is 2.24. The van der Waals surface area contributed by atoms with Crippen molar-refractivity contribution in [2.75, 3.05) is 37.3 Å². The summed E-state index contributed by atoms with van der Waals surface area (Å²) in [6, 6.07) is 2.78. The molecule has 0 aliphatic heterocycles. The Morgan fingerprint density at radius 3 is 2.43 bits per heavy atom. The monoisotopic (exact) mass is 291 g/mol. The van der Waals surface area contributed by atoms with E-state index in [1.165, 1.54) is 25.7 Å². The number of rotatable bonds is 8. The third-order valence-corrected chi connectivity index (χ3v) is 4.17. The highest BCUT2D eigenvalue weighted by Gasteiger charge is 2.18. The second-order valence-electron chi connectivity index (χ2n) is 5.78. The fourth-order valence-electron chi connectivity index (χ4n) is 2.91. The number of anilines is 2. The lowest BCUT2D eigenvalue weighted by Crippen LogP contribution is -2.33. The molecule has 0 amide bonds. The molecule has 2 N–H and O–H groups in total. The molecule has 0 atom stereocenters. The van der Waals surface area contributed by atoms with Crippen molar-refractivity contribution in [1.82, 2.24) is 14.9 Å². The molecule has 1 aromatic rings. The van der Waals surface area contributed by atoms with Crippen LogP contribution in [0.25, 0.3) is 0 Å². The zero-order chi connectivity index (χ0) is 15.1. The lowest BCUT2D eigenvalue weighted by molar-refractivity contribution is 0.254. The van der Waals surface area contributed by atoms with E-state index in [0.717, 1.165) is 49.6 Å². The largest absolute Gasteiger partial charge is 0.370 e. The second-order valence-corrected chi connectivity index (χ2v) is 5.78. The zero-order valence-corrected chi connectivity index (χ0v) is 13.7. The Hall–Kier alpha value is -1.36. The molecule has 118 valence electrons. The number of hydrogen-bond acceptors (Lipinski definition) is 5. The van der Waals surface area contributed by atoms with Gasteiger partial charge in [0, 0.05) is 38.2 Å². The molecule has 5 nitrogen and oxygen atoms in total. The SMILES string of the molecule is CCNc1cc(NCCN(C)C2CCCC2)nc(CC)n1. The average Bonchev–Trinajstić information content (AvgIpc) is 3.01. The molecule has 21 heavy (non-hydrogen) atoms. The van der Waals surface area contributed by atoms with Crippen molar-refractivity contribution in [2.45, 2.75) is 52.0 Å². The van der Waals surface area contributed by atoms with Gasteiger partial charge in [0.25, 0.3) is 0 Å². The summed E-state index contributed by atoms with van der Waals surface area (Å²) in [6.45, 7) is 7.04. The molecule has 1 aromatic heterocycles. The molecule has 2 rings (SSSR count). The molecule has 1 aliphatic carbocycles. The third-order valence-electron chi connectivity index (χ3n) is 4.17. The van der Waals surface area contributed by atoms with Crippen molar-refractivity contribution in [3.05, 3.63) is 11.9 Å². The molecule has 0 radical (unpaired) electrons. The van der Waals surface area contributed by atoms with Crippen molar-refractivity contribution in [1.29, 1.82) is 0 Å². The summed E-state index contributed by atoms with van der Waals surface area (Å²) in [5.74, 6) is 2.73. The summed E-state index contributed by atoms with van der Waals surface area (Å²) in [4.78, 5) is 11.5. The molecule has 0 spiro atoms. The van der Waals surface area contributed by atoms with E-state index in [4.69, 9.17) is 0 Å². The minimum absolute atomic E-state index is 0.778. The highest BCUT2D eigenvalue weighted by Crippen LogP contribution is 2.22. The molecule has 1 saturated carbocycles. The van der Waals surface area contributed by atoms with Gasteiger partial charge in [0.2, 0.25) is 0 Å². The Bertz CT molecular complexity index is 429. The highest BCUT2D eigenvalue weighted by molar-refractivity contribution is 5.47. The van der Waals surface area contributed by atoms with Gasteiger partial charge in [-0.3, -0.25) is 0 Å². The van der Waals surface area contributed by atoms with Gasteiger partial charge in [-0.25, -0.2) is 9.97 Å². The highest BCUT2D eigenvalue weighted by atomic mass is 15.2. The van der Waals surface area contributed by atoms with Gasteiger partial charge in [-0.2, -0.15) is 0 Å². The van der Waals surface area contributed by atoms with Crippen molar-refractivity contribution in [2.24, 2.45) is 0 Å². The van der Waals surface area contributed by atoms with Crippen molar-refractivity contribution in [3.63, 3.8) is 0 Å². The number of aryl methyl sites for hydroxylation is 1. The average molecular weight is 291 g/mol. The van der Waals surface area contributed by atoms with Crippen LogP contribution in [0.1, 0.15) is 45.4 Å². The molecule has 1 fully saturated rings. The zero-order valence-electron chi connectivity index (χ0n) is 13.7. The van der Waals surface area contributed by atoms with Crippen molar-refractivity contribution in [3.8, 4) is 0 Å². The first-order valence-corrected chi connectivity index (χ1v) is 8.28. The van der Waals surface area contributed by atoms with Crippen LogP contribution in [0, 0.1) is 0 Å². The number of nitrogens with one attached hydrogen (secondary N) is 2. The maximum absolute atomic E-state index is 4.55. The number of likely N-dealkylation sites (N-methyl/N-ethyl adjacent to an activating group) is 1. The van der Waals surface area contributed by atoms with E-state index in [0.29, 0.717) is 0 Å². The quantitative estimate of drug-likeness (QED) is 0.771. The van der Waals surface area contributed by atoms with Gasteiger partial charge in [-0.15, -0.1) is 0 Å². The van der Waals surface area contributed by atoms with Crippen molar-refractivity contribution >= 4 is 11.6 Å². The topological polar surface area (TPSA) is 53.1 Å². The van der Waals surface area contributed by atoms with E-state index < -0.39 is 0 Å². The van der Waals surface area contributed by atoms with Gasteiger partial charge in [-0.1, -0.05) is 19.8 Å². The number of nitrogens with zero attached hydrogens (tertiary/aromatic N) is 3. The molecule has 1 aliphatic rings. The molecule has 0 aromatic carbocycles. The van der Waals surface area contributed by atoms with Crippen LogP contribution in [0.3, 0.4) is 0 Å². The van der Waals surface area contributed by atoms with Crippen LogP contribution in [0.15, 0.2) is 6.07 Å². The lowest BCUT2D eigenvalue weighted by atomic mass is 10.2. The smallest absolute Gasteiger partial charge is 0.132 e. The Morgan fingerprint density at radius 1 is 1.14 bits per heavy atom. The lowest BCUT2D eigenvalue weighted by Gasteiger charge is -2.24. The van der Waals surface area contributed by atoms with Gasteiger partial charge in [0.1, 0.15) is 17.5 Å². The van der Waals surface area contributed by atoms with E-state index in [2.05, 4.69) is 46.4 Å². The van der Waals surface area contributed by atoms with Gasteiger partial charge >= 0.3 is 0 Å². The fourth-order valence-corrected chi connectivity index (χ4v) is 2.91. The first-order valence-electron chi connectivity index (χ1n) is 8.28. The summed E-state index contributed by atoms with van der Waals surface area (Å²) < 4.78 is 0. The van der Waals surface area contributed by atoms with Crippen molar-refractivity contribution < 1.29 is 0 Å². The van der Waals surface area contributed by atoms with Crippen LogP contribution >= 0.6 is 0 Å². The molecule has 5 heteroatoms. The van der Waals surface area contributed by atoms with Crippen LogP contribution in [0.2, 0.25) is 0 Å². The molecule has 0 saturated heterocycles. The van der Waals surface area contributed by atoms with Crippen LogP contribution in [0.5, 0.6) is 0 Å². The predicted molar refractivity (Wildman–Crippen MR) is 88.9 cm³/mol. The van der Waals surface area contributed by atoms with E-state index in [1.54, 1.807) is 0 Å². The van der Waals surface area contributed by atoms with Crippen LogP contribution in [-0.2, 0) is 6.42 Å². The maximum atomic E-state index is 4.55. The summed E-state index contributed by atoms with van der Waals surface area (Å²) in [5, 5.41) is 6.70. The maximum Gasteiger partial charge on any atom is 0.132 e. The Balaban J connectivity index is 1.85. The molecular weight excluding hydrogens is 262 g/mol. The second kappa shape index (κ2) is 8.17. The minimum Gasteiger partial charge on any atom is -0.370 e. The van der Waals surface area contributed by atoms with E-state index in [-0.39, 0.29) is 0 Å². The van der Waals surface area contributed by atoms with Crippen LogP contribution < -0.4 is 10.6 Å². The first-order chi connectivity index (χ1) is 10.2. The van der Waals surface area contributed by atoms with Crippen LogP contribution in [0.4, 0.5) is 11.6 Å². The number of hydrogen-bond donors (Lipinski definition) is 2. The predicted octanol–water partition coefficient (Wildman–Crippen LogP) is 2.76. The van der Waals surface area contributed by atoms with Gasteiger partial charge in [-0.05, 0) is 26.8 Å². The van der Waals surface area contributed by atoms with E-state index >= 15 is 0 Å². The summed E-state index contributed by atoms with van der Waals surface area (Å²) >= 11 is 0. The summed E-state index contributed by atoms with van der Waals surface area (Å²) in [6.07, 6.45) is 6.35. The van der Waals surface area contributed by atoms with Gasteiger partial charge in [0.05, 0.1) is 0 Å². The molecule has 0 unspecified atom stereocenters. The van der Waals surface area contributed by atoms with Crippen LogP contribution in [-0.4, -0.2) is 47.6 Å². The number of aromatic nitrogens is 2. The molecule has 1 heterocycles. The minimum atomic E-state index is 0.778. The molecule has 0 bridgehead atoms. The normalized spacial score (nSPS) is 15.6. The Kier molecular flexibility index (Phi) is 6.23. The van der Waals surface area contributed by atoms with Gasteiger partial charge < -0.3 is 15.5 Å².